The Morgan fingerprint density at radius 3 is 2.75 bits per heavy atom. The molecule has 1 heterocycles. The topological polar surface area (TPSA) is 73.0 Å². The largest absolute Gasteiger partial charge is 0.360 e. The second kappa shape index (κ2) is 6.18. The maximum absolute atomic E-state index is 10.9. The van der Waals surface area contributed by atoms with Crippen LogP contribution >= 0.6 is 0 Å². The molecular weight excluding hydrogens is 256 g/mol. The molecule has 1 aromatic heterocycles. The lowest BCUT2D eigenvalue weighted by Crippen LogP contribution is -2.17. The lowest BCUT2D eigenvalue weighted by molar-refractivity contribution is -0.384. The predicted molar refractivity (Wildman–Crippen MR) is 77.7 cm³/mol. The van der Waals surface area contributed by atoms with Crippen LogP contribution in [0.2, 0.25) is 0 Å². The van der Waals surface area contributed by atoms with Crippen LogP contribution in [-0.4, -0.2) is 20.7 Å². The zero-order chi connectivity index (χ0) is 14.5. The molecule has 6 nitrogen and oxygen atoms in total. The van der Waals surface area contributed by atoms with Gasteiger partial charge in [-0.2, -0.15) is 0 Å². The summed E-state index contributed by atoms with van der Waals surface area (Å²) in [7, 11) is 1.67. The minimum Gasteiger partial charge on any atom is -0.360 e. The predicted octanol–water partition coefficient (Wildman–Crippen LogP) is 2.76. The van der Waals surface area contributed by atoms with Crippen molar-refractivity contribution >= 4 is 11.5 Å². The van der Waals surface area contributed by atoms with Gasteiger partial charge in [0.25, 0.3) is 0 Å². The van der Waals surface area contributed by atoms with Crippen molar-refractivity contribution in [2.24, 2.45) is 7.05 Å². The molecular formula is C14H18N4O2. The third kappa shape index (κ3) is 3.57. The number of aromatic nitrogens is 2. The summed E-state index contributed by atoms with van der Waals surface area (Å²) in [6.45, 7) is 2.00. The molecule has 0 radical (unpaired) electrons. The Morgan fingerprint density at radius 2 is 2.10 bits per heavy atom. The number of benzene rings is 1. The molecule has 2 aromatic rings. The summed E-state index contributed by atoms with van der Waals surface area (Å²) in [5, 5.41) is 18.1. The summed E-state index contributed by atoms with van der Waals surface area (Å²) in [4.78, 5) is 10.5. The fraction of sp³-hybridized carbons (Fsp3) is 0.357. The Balaban J connectivity index is 1.94. The average Bonchev–Trinajstić information content (AvgIpc) is 2.79. The van der Waals surface area contributed by atoms with Crippen molar-refractivity contribution in [2.75, 3.05) is 5.32 Å². The highest BCUT2D eigenvalue weighted by Crippen LogP contribution is 2.22. The van der Waals surface area contributed by atoms with Crippen LogP contribution < -0.4 is 5.32 Å². The van der Waals surface area contributed by atoms with E-state index in [1.807, 2.05) is 25.1 Å². The van der Waals surface area contributed by atoms with Gasteiger partial charge in [-0.1, -0.05) is 30.3 Å². The molecule has 20 heavy (non-hydrogen) atoms. The van der Waals surface area contributed by atoms with E-state index >= 15 is 0 Å². The molecule has 0 aliphatic heterocycles. The van der Waals surface area contributed by atoms with E-state index in [0.29, 0.717) is 5.82 Å². The first kappa shape index (κ1) is 14.0. The van der Waals surface area contributed by atoms with Crippen LogP contribution in [0, 0.1) is 10.1 Å². The molecule has 6 heteroatoms. The van der Waals surface area contributed by atoms with Crippen LogP contribution in [0.5, 0.6) is 0 Å². The maximum Gasteiger partial charge on any atom is 0.330 e. The van der Waals surface area contributed by atoms with Crippen molar-refractivity contribution in [3.05, 3.63) is 52.2 Å². The second-order valence-electron chi connectivity index (χ2n) is 4.86. The molecule has 0 bridgehead atoms. The van der Waals surface area contributed by atoms with E-state index in [2.05, 4.69) is 22.5 Å². The average molecular weight is 274 g/mol. The molecule has 1 N–H and O–H groups in total. The van der Waals surface area contributed by atoms with E-state index in [0.717, 1.165) is 12.8 Å². The van der Waals surface area contributed by atoms with E-state index in [1.165, 1.54) is 16.4 Å². The zero-order valence-corrected chi connectivity index (χ0v) is 11.6. The van der Waals surface area contributed by atoms with Crippen molar-refractivity contribution in [3.63, 3.8) is 0 Å². The first-order chi connectivity index (χ1) is 9.56. The third-order valence-corrected chi connectivity index (χ3v) is 3.10. The number of hydrogen-bond donors (Lipinski definition) is 1. The van der Waals surface area contributed by atoms with Gasteiger partial charge in [0.2, 0.25) is 5.82 Å². The summed E-state index contributed by atoms with van der Waals surface area (Å²) in [6.07, 6.45) is 3.22. The molecule has 1 unspecified atom stereocenters. The van der Waals surface area contributed by atoms with Gasteiger partial charge in [0, 0.05) is 13.1 Å². The van der Waals surface area contributed by atoms with Crippen molar-refractivity contribution in [1.29, 1.82) is 0 Å². The highest BCUT2D eigenvalue weighted by atomic mass is 16.6. The van der Waals surface area contributed by atoms with Crippen molar-refractivity contribution < 1.29 is 4.92 Å². The monoisotopic (exact) mass is 274 g/mol. The molecule has 0 aliphatic carbocycles. The SMILES string of the molecule is CC(CCc1ccccc1)Nc1nn(C)cc1[N+](=O)[O-]. The molecule has 1 atom stereocenters. The van der Waals surface area contributed by atoms with Gasteiger partial charge in [-0.25, -0.2) is 0 Å². The van der Waals surface area contributed by atoms with Crippen LogP contribution in [0.25, 0.3) is 0 Å². The van der Waals surface area contributed by atoms with Gasteiger partial charge in [-0.3, -0.25) is 14.8 Å². The van der Waals surface area contributed by atoms with E-state index in [4.69, 9.17) is 0 Å². The van der Waals surface area contributed by atoms with Gasteiger partial charge in [0.05, 0.1) is 4.92 Å². The molecule has 0 amide bonds. The first-order valence-electron chi connectivity index (χ1n) is 6.54. The second-order valence-corrected chi connectivity index (χ2v) is 4.86. The fourth-order valence-corrected chi connectivity index (χ4v) is 2.05. The standard InChI is InChI=1S/C14H18N4O2/c1-11(8-9-12-6-4-3-5-7-12)15-14-13(18(19)20)10-17(2)16-14/h3-7,10-11H,8-9H2,1-2H3,(H,15,16). The third-order valence-electron chi connectivity index (χ3n) is 3.10. The molecule has 0 saturated heterocycles. The van der Waals surface area contributed by atoms with E-state index in [-0.39, 0.29) is 11.7 Å². The number of nitrogens with one attached hydrogen (secondary N) is 1. The molecule has 1 aromatic carbocycles. The van der Waals surface area contributed by atoms with E-state index in [9.17, 15) is 10.1 Å². The Hall–Kier alpha value is -2.37. The lowest BCUT2D eigenvalue weighted by atomic mass is 10.1. The molecule has 0 aliphatic rings. The summed E-state index contributed by atoms with van der Waals surface area (Å²) in [6, 6.07) is 10.3. The molecule has 0 spiro atoms. The van der Waals surface area contributed by atoms with Gasteiger partial charge in [-0.05, 0) is 25.3 Å². The van der Waals surface area contributed by atoms with Gasteiger partial charge in [0.15, 0.2) is 0 Å². The quantitative estimate of drug-likeness (QED) is 0.649. The molecule has 0 fully saturated rings. The Morgan fingerprint density at radius 1 is 1.40 bits per heavy atom. The number of anilines is 1. The Bertz CT molecular complexity index is 580. The summed E-state index contributed by atoms with van der Waals surface area (Å²) < 4.78 is 1.45. The van der Waals surface area contributed by atoms with Crippen LogP contribution in [0.4, 0.5) is 11.5 Å². The van der Waals surface area contributed by atoms with Crippen LogP contribution in [0.3, 0.4) is 0 Å². The number of hydrogen-bond acceptors (Lipinski definition) is 4. The van der Waals surface area contributed by atoms with Crippen molar-refractivity contribution in [2.45, 2.75) is 25.8 Å². The van der Waals surface area contributed by atoms with Crippen LogP contribution in [0.15, 0.2) is 36.5 Å². The highest BCUT2D eigenvalue weighted by Gasteiger charge is 2.19. The highest BCUT2D eigenvalue weighted by molar-refractivity contribution is 5.54. The van der Waals surface area contributed by atoms with Gasteiger partial charge >= 0.3 is 5.69 Å². The fourth-order valence-electron chi connectivity index (χ4n) is 2.05. The number of aryl methyl sites for hydroxylation is 2. The Labute approximate surface area is 117 Å². The lowest BCUT2D eigenvalue weighted by Gasteiger charge is -2.12. The zero-order valence-electron chi connectivity index (χ0n) is 11.6. The number of nitrogens with zero attached hydrogens (tertiary/aromatic N) is 3. The Kier molecular flexibility index (Phi) is 4.34. The number of nitro groups is 1. The summed E-state index contributed by atoms with van der Waals surface area (Å²) >= 11 is 0. The minimum absolute atomic E-state index is 0.0130. The first-order valence-corrected chi connectivity index (χ1v) is 6.54. The van der Waals surface area contributed by atoms with Crippen LogP contribution in [-0.2, 0) is 13.5 Å². The molecule has 0 saturated carbocycles. The normalized spacial score (nSPS) is 12.1. The molecule has 106 valence electrons. The maximum atomic E-state index is 10.9. The smallest absolute Gasteiger partial charge is 0.330 e. The van der Waals surface area contributed by atoms with Crippen LogP contribution in [0.1, 0.15) is 18.9 Å². The van der Waals surface area contributed by atoms with Crippen molar-refractivity contribution in [1.82, 2.24) is 9.78 Å². The minimum atomic E-state index is -0.417. The summed E-state index contributed by atoms with van der Waals surface area (Å²) in [5.74, 6) is 0.332. The number of rotatable bonds is 6. The van der Waals surface area contributed by atoms with E-state index in [1.54, 1.807) is 7.05 Å². The van der Waals surface area contributed by atoms with E-state index < -0.39 is 4.92 Å². The van der Waals surface area contributed by atoms with Gasteiger partial charge < -0.3 is 5.32 Å². The van der Waals surface area contributed by atoms with Gasteiger partial charge in [-0.15, -0.1) is 5.10 Å². The molecule has 2 rings (SSSR count). The summed E-state index contributed by atoms with van der Waals surface area (Å²) in [5.41, 5.74) is 1.27. The van der Waals surface area contributed by atoms with Gasteiger partial charge in [0.1, 0.15) is 6.20 Å². The van der Waals surface area contributed by atoms with Crippen molar-refractivity contribution in [3.8, 4) is 0 Å².